The normalized spacial score (nSPS) is 17.8. The van der Waals surface area contributed by atoms with Crippen LogP contribution in [0.25, 0.3) is 0 Å². The number of carbonyl (C=O) groups excluding carboxylic acids is 2. The molecular formula is C21H33N3O5S. The predicted molar refractivity (Wildman–Crippen MR) is 116 cm³/mol. The monoisotopic (exact) mass is 439 g/mol. The van der Waals surface area contributed by atoms with Crippen molar-refractivity contribution in [3.8, 4) is 5.75 Å². The maximum absolute atomic E-state index is 12.8. The van der Waals surface area contributed by atoms with Crippen LogP contribution < -0.4 is 5.32 Å². The first-order chi connectivity index (χ1) is 13.9. The van der Waals surface area contributed by atoms with Gasteiger partial charge in [0.15, 0.2) is 0 Å². The summed E-state index contributed by atoms with van der Waals surface area (Å²) in [5, 5.41) is 12.8. The molecule has 168 valence electrons. The van der Waals surface area contributed by atoms with E-state index < -0.39 is 21.4 Å². The van der Waals surface area contributed by atoms with Gasteiger partial charge in [-0.1, -0.05) is 34.6 Å². The van der Waals surface area contributed by atoms with Crippen molar-refractivity contribution in [3.63, 3.8) is 0 Å². The largest absolute Gasteiger partial charge is 0.506 e. The number of amides is 2. The number of likely N-dealkylation sites (tertiary alicyclic amines) is 1. The van der Waals surface area contributed by atoms with E-state index in [1.165, 1.54) is 22.5 Å². The van der Waals surface area contributed by atoms with Gasteiger partial charge in [-0.25, -0.2) is 8.42 Å². The first-order valence-corrected chi connectivity index (χ1v) is 11.8. The van der Waals surface area contributed by atoms with Gasteiger partial charge in [0.25, 0.3) is 0 Å². The van der Waals surface area contributed by atoms with Gasteiger partial charge in [0.05, 0.1) is 16.5 Å². The molecule has 30 heavy (non-hydrogen) atoms. The summed E-state index contributed by atoms with van der Waals surface area (Å²) in [6.07, 6.45) is 1.33. The number of piperidine rings is 1. The minimum Gasteiger partial charge on any atom is -0.506 e. The fraction of sp³-hybridized carbons (Fsp3) is 0.619. The second-order valence-electron chi connectivity index (χ2n) is 8.60. The van der Waals surface area contributed by atoms with Gasteiger partial charge in [0.2, 0.25) is 21.8 Å². The number of aromatic hydroxyl groups is 1. The summed E-state index contributed by atoms with van der Waals surface area (Å²) < 4.78 is 26.8. The average molecular weight is 440 g/mol. The van der Waals surface area contributed by atoms with Gasteiger partial charge in [0.1, 0.15) is 5.75 Å². The number of benzene rings is 1. The van der Waals surface area contributed by atoms with E-state index in [9.17, 15) is 23.1 Å². The summed E-state index contributed by atoms with van der Waals surface area (Å²) in [5.41, 5.74) is -0.475. The maximum Gasteiger partial charge on any atom is 0.243 e. The molecule has 8 nitrogen and oxygen atoms in total. The molecular weight excluding hydrogens is 406 g/mol. The Balaban J connectivity index is 2.20. The van der Waals surface area contributed by atoms with Crippen molar-refractivity contribution in [2.75, 3.05) is 31.5 Å². The lowest BCUT2D eigenvalue weighted by Gasteiger charge is -2.35. The molecule has 9 heteroatoms. The minimum atomic E-state index is -3.72. The van der Waals surface area contributed by atoms with Crippen molar-refractivity contribution >= 4 is 27.5 Å². The number of carbonyl (C=O) groups is 2. The van der Waals surface area contributed by atoms with Crippen LogP contribution in [0.3, 0.4) is 0 Å². The molecule has 1 aromatic rings. The molecule has 0 saturated carbocycles. The zero-order chi connectivity index (χ0) is 22.7. The fourth-order valence-corrected chi connectivity index (χ4v) is 5.06. The van der Waals surface area contributed by atoms with Crippen LogP contribution in [0.4, 0.5) is 5.69 Å². The Hall–Kier alpha value is -2.13. The Labute approximate surface area is 179 Å². The van der Waals surface area contributed by atoms with Crippen LogP contribution in [0.15, 0.2) is 23.1 Å². The van der Waals surface area contributed by atoms with Crippen LogP contribution in [0.1, 0.15) is 47.5 Å². The Kier molecular flexibility index (Phi) is 7.52. The van der Waals surface area contributed by atoms with Gasteiger partial charge in [-0.3, -0.25) is 9.59 Å². The van der Waals surface area contributed by atoms with Crippen LogP contribution in [-0.4, -0.2) is 60.7 Å². The topological polar surface area (TPSA) is 107 Å². The minimum absolute atomic E-state index is 0.00448. The van der Waals surface area contributed by atoms with Crippen molar-refractivity contribution < 1.29 is 23.1 Å². The average Bonchev–Trinajstić information content (AvgIpc) is 2.69. The molecule has 2 rings (SSSR count). The Morgan fingerprint density at radius 1 is 1.23 bits per heavy atom. The van der Waals surface area contributed by atoms with Crippen LogP contribution in [0, 0.1) is 11.3 Å². The number of hydrogen-bond acceptors (Lipinski definition) is 5. The Morgan fingerprint density at radius 3 is 2.43 bits per heavy atom. The number of phenols is 1. The van der Waals surface area contributed by atoms with Crippen LogP contribution in [-0.2, 0) is 19.6 Å². The molecule has 0 radical (unpaired) electrons. The number of sulfonamides is 1. The van der Waals surface area contributed by atoms with Crippen LogP contribution >= 0.6 is 0 Å². The van der Waals surface area contributed by atoms with E-state index in [0.29, 0.717) is 39.0 Å². The number of nitrogens with one attached hydrogen (secondary N) is 1. The molecule has 0 bridgehead atoms. The summed E-state index contributed by atoms with van der Waals surface area (Å²) in [6, 6.07) is 3.87. The molecule has 0 aromatic heterocycles. The first kappa shape index (κ1) is 24.1. The van der Waals surface area contributed by atoms with Crippen molar-refractivity contribution in [1.29, 1.82) is 0 Å². The highest BCUT2D eigenvalue weighted by atomic mass is 32.2. The zero-order valence-corrected chi connectivity index (χ0v) is 19.3. The molecule has 1 unspecified atom stereocenters. The second kappa shape index (κ2) is 9.34. The van der Waals surface area contributed by atoms with E-state index in [1.54, 1.807) is 18.7 Å². The molecule has 0 spiro atoms. The maximum atomic E-state index is 12.8. The summed E-state index contributed by atoms with van der Waals surface area (Å²) in [6.45, 7) is 10.6. The van der Waals surface area contributed by atoms with Gasteiger partial charge in [-0.15, -0.1) is 0 Å². The van der Waals surface area contributed by atoms with E-state index in [4.69, 9.17) is 0 Å². The molecule has 2 N–H and O–H groups in total. The van der Waals surface area contributed by atoms with Crippen LogP contribution in [0.2, 0.25) is 0 Å². The molecule has 1 aromatic carbocycles. The molecule has 0 aliphatic carbocycles. The highest BCUT2D eigenvalue weighted by molar-refractivity contribution is 7.89. The highest BCUT2D eigenvalue weighted by Crippen LogP contribution is 2.30. The number of anilines is 1. The SMILES string of the molecule is CCN(CC)S(=O)(=O)c1ccc(O)c(NC(=O)C2CCCN(C(=O)C(C)(C)C)C2)c1. The third kappa shape index (κ3) is 5.31. The molecule has 1 fully saturated rings. The lowest BCUT2D eigenvalue weighted by molar-refractivity contribution is -0.142. The highest BCUT2D eigenvalue weighted by Gasteiger charge is 2.33. The molecule has 1 atom stereocenters. The predicted octanol–water partition coefficient (Wildman–Crippen LogP) is 2.65. The number of rotatable bonds is 6. The summed E-state index contributed by atoms with van der Waals surface area (Å²) in [5.74, 6) is -0.975. The molecule has 1 saturated heterocycles. The number of hydrogen-bond donors (Lipinski definition) is 2. The van der Waals surface area contributed by atoms with Crippen molar-refractivity contribution in [3.05, 3.63) is 18.2 Å². The van der Waals surface area contributed by atoms with Gasteiger partial charge < -0.3 is 15.3 Å². The van der Waals surface area contributed by atoms with Crippen molar-refractivity contribution in [2.24, 2.45) is 11.3 Å². The first-order valence-electron chi connectivity index (χ1n) is 10.3. The van der Waals surface area contributed by atoms with Gasteiger partial charge in [-0.2, -0.15) is 4.31 Å². The quantitative estimate of drug-likeness (QED) is 0.663. The van der Waals surface area contributed by atoms with E-state index in [1.807, 2.05) is 20.8 Å². The van der Waals surface area contributed by atoms with Crippen molar-refractivity contribution in [1.82, 2.24) is 9.21 Å². The lowest BCUT2D eigenvalue weighted by atomic mass is 9.91. The smallest absolute Gasteiger partial charge is 0.243 e. The van der Waals surface area contributed by atoms with E-state index >= 15 is 0 Å². The Morgan fingerprint density at radius 2 is 1.87 bits per heavy atom. The third-order valence-corrected chi connectivity index (χ3v) is 7.34. The standard InChI is InChI=1S/C21H33N3O5S/c1-6-24(7-2)30(28,29)16-10-11-18(25)17(13-16)22-19(26)15-9-8-12-23(14-15)20(27)21(3,4)5/h10-11,13,15,25H,6-9,12,14H2,1-5H3,(H,22,26). The van der Waals surface area contributed by atoms with E-state index in [2.05, 4.69) is 5.32 Å². The third-order valence-electron chi connectivity index (χ3n) is 5.29. The second-order valence-corrected chi connectivity index (χ2v) is 10.5. The number of phenolic OH excluding ortho intramolecular Hbond substituents is 1. The van der Waals surface area contributed by atoms with Crippen LogP contribution in [0.5, 0.6) is 5.75 Å². The van der Waals surface area contributed by atoms with Gasteiger partial charge in [-0.05, 0) is 31.0 Å². The van der Waals surface area contributed by atoms with Gasteiger partial charge >= 0.3 is 0 Å². The molecule has 1 aliphatic rings. The Bertz CT molecular complexity index is 888. The van der Waals surface area contributed by atoms with E-state index in [-0.39, 0.29) is 28.1 Å². The number of nitrogens with zero attached hydrogens (tertiary/aromatic N) is 2. The molecule has 1 aliphatic heterocycles. The van der Waals surface area contributed by atoms with Crippen molar-refractivity contribution in [2.45, 2.75) is 52.4 Å². The fourth-order valence-electron chi connectivity index (χ4n) is 3.57. The summed E-state index contributed by atoms with van der Waals surface area (Å²) >= 11 is 0. The van der Waals surface area contributed by atoms with E-state index in [0.717, 1.165) is 0 Å². The van der Waals surface area contributed by atoms with Gasteiger partial charge in [0, 0.05) is 31.6 Å². The molecule has 1 heterocycles. The summed E-state index contributed by atoms with van der Waals surface area (Å²) in [7, 11) is -3.72. The summed E-state index contributed by atoms with van der Waals surface area (Å²) in [4.78, 5) is 27.1. The lowest BCUT2D eigenvalue weighted by Crippen LogP contribution is -2.47. The zero-order valence-electron chi connectivity index (χ0n) is 18.4. The molecule has 2 amide bonds.